The van der Waals surface area contributed by atoms with Gasteiger partial charge in [0, 0.05) is 7.11 Å². The lowest BCUT2D eigenvalue weighted by Gasteiger charge is -2.19. The minimum Gasteiger partial charge on any atom is -0.378 e. The van der Waals surface area contributed by atoms with Gasteiger partial charge < -0.3 is 9.26 Å². The number of H-pyrrole nitrogens is 1. The molecule has 16 heavy (non-hydrogen) atoms. The normalized spacial score (nSPS) is 11.9. The van der Waals surface area contributed by atoms with Crippen molar-refractivity contribution in [2.75, 3.05) is 7.11 Å². The van der Waals surface area contributed by atoms with Crippen molar-refractivity contribution in [3.8, 4) is 11.6 Å². The molecule has 0 saturated carbocycles. The number of hydrogen-bond donors (Lipinski definition) is 1. The fraction of sp³-hybridized carbons (Fsp3) is 0.556. The number of hydrogen-bond acceptors (Lipinski definition) is 6. The highest BCUT2D eigenvalue weighted by Gasteiger charge is 2.22. The molecule has 0 atom stereocenters. The Labute approximate surface area is 92.2 Å². The van der Waals surface area contributed by atoms with Crippen LogP contribution in [0.25, 0.3) is 11.6 Å². The quantitative estimate of drug-likeness (QED) is 0.825. The molecule has 1 N–H and O–H groups in total. The molecule has 0 aliphatic heterocycles. The summed E-state index contributed by atoms with van der Waals surface area (Å²) >= 11 is 0. The maximum atomic E-state index is 5.28. The highest BCUT2D eigenvalue weighted by molar-refractivity contribution is 5.39. The number of aromatic amines is 1. The van der Waals surface area contributed by atoms with Gasteiger partial charge in [-0.15, -0.1) is 0 Å². The van der Waals surface area contributed by atoms with E-state index in [0.29, 0.717) is 24.0 Å². The molecule has 7 heteroatoms. The third-order valence-corrected chi connectivity index (χ3v) is 2.22. The molecule has 2 aromatic rings. The van der Waals surface area contributed by atoms with E-state index in [0.717, 1.165) is 0 Å². The van der Waals surface area contributed by atoms with E-state index in [1.54, 1.807) is 7.11 Å². The van der Waals surface area contributed by atoms with Crippen LogP contribution >= 0.6 is 0 Å². The number of methoxy groups -OCH3 is 1. The average Bonchev–Trinajstić information content (AvgIpc) is 2.86. The van der Waals surface area contributed by atoms with Crippen LogP contribution in [0.15, 0.2) is 10.9 Å². The molecule has 0 spiro atoms. The second-order valence-electron chi connectivity index (χ2n) is 3.99. The Bertz CT molecular complexity index is 448. The summed E-state index contributed by atoms with van der Waals surface area (Å²) in [5, 5.41) is 10.2. The summed E-state index contributed by atoms with van der Waals surface area (Å²) in [6.07, 6.45) is 1.94. The zero-order valence-corrected chi connectivity index (χ0v) is 9.39. The standard InChI is InChI=1S/C9H13N5O2/c1-9(2,15-3)4-6-12-8(14-16-6)7-10-5-11-13-7/h5H,4H2,1-3H3,(H,10,11,13). The molecular formula is C9H13N5O2. The fourth-order valence-corrected chi connectivity index (χ4v) is 1.17. The van der Waals surface area contributed by atoms with Gasteiger partial charge in [-0.3, -0.25) is 5.10 Å². The van der Waals surface area contributed by atoms with E-state index in [9.17, 15) is 0 Å². The maximum absolute atomic E-state index is 5.28. The number of aromatic nitrogens is 5. The maximum Gasteiger partial charge on any atom is 0.239 e. The fourth-order valence-electron chi connectivity index (χ4n) is 1.17. The Kier molecular flexibility index (Phi) is 2.69. The summed E-state index contributed by atoms with van der Waals surface area (Å²) in [4.78, 5) is 8.13. The molecule has 0 aliphatic rings. The monoisotopic (exact) mass is 223 g/mol. The van der Waals surface area contributed by atoms with Crippen molar-refractivity contribution in [2.24, 2.45) is 0 Å². The largest absolute Gasteiger partial charge is 0.378 e. The first-order valence-corrected chi connectivity index (χ1v) is 4.84. The molecule has 0 radical (unpaired) electrons. The highest BCUT2D eigenvalue weighted by atomic mass is 16.5. The van der Waals surface area contributed by atoms with E-state index in [4.69, 9.17) is 9.26 Å². The van der Waals surface area contributed by atoms with Crippen LogP contribution < -0.4 is 0 Å². The first kappa shape index (κ1) is 10.7. The summed E-state index contributed by atoms with van der Waals surface area (Å²) < 4.78 is 10.4. The average molecular weight is 223 g/mol. The molecule has 0 fully saturated rings. The molecule has 7 nitrogen and oxygen atoms in total. The highest BCUT2D eigenvalue weighted by Crippen LogP contribution is 2.16. The third kappa shape index (κ3) is 2.25. The lowest BCUT2D eigenvalue weighted by Crippen LogP contribution is -2.25. The van der Waals surface area contributed by atoms with Crippen molar-refractivity contribution >= 4 is 0 Å². The molecular weight excluding hydrogens is 210 g/mol. The van der Waals surface area contributed by atoms with Crippen LogP contribution in [-0.2, 0) is 11.2 Å². The van der Waals surface area contributed by atoms with Gasteiger partial charge >= 0.3 is 0 Å². The smallest absolute Gasteiger partial charge is 0.239 e. The molecule has 0 amide bonds. The lowest BCUT2D eigenvalue weighted by molar-refractivity contribution is 0.0170. The minimum atomic E-state index is -0.328. The van der Waals surface area contributed by atoms with Crippen molar-refractivity contribution < 1.29 is 9.26 Å². The second kappa shape index (κ2) is 4.01. The van der Waals surface area contributed by atoms with Crippen molar-refractivity contribution in [2.45, 2.75) is 25.9 Å². The van der Waals surface area contributed by atoms with Gasteiger partial charge in [-0.25, -0.2) is 4.98 Å². The summed E-state index contributed by atoms with van der Waals surface area (Å²) in [5.41, 5.74) is -0.328. The van der Waals surface area contributed by atoms with Crippen LogP contribution in [0.2, 0.25) is 0 Å². The van der Waals surface area contributed by atoms with Crippen LogP contribution in [0.5, 0.6) is 0 Å². The van der Waals surface area contributed by atoms with Gasteiger partial charge in [0.25, 0.3) is 0 Å². The zero-order valence-electron chi connectivity index (χ0n) is 9.39. The van der Waals surface area contributed by atoms with Gasteiger partial charge in [0.1, 0.15) is 6.33 Å². The van der Waals surface area contributed by atoms with E-state index < -0.39 is 0 Å². The van der Waals surface area contributed by atoms with Crippen LogP contribution in [-0.4, -0.2) is 38.0 Å². The van der Waals surface area contributed by atoms with Gasteiger partial charge in [0.2, 0.25) is 11.7 Å². The van der Waals surface area contributed by atoms with Gasteiger partial charge in [-0.05, 0) is 13.8 Å². The molecule has 0 saturated heterocycles. The summed E-state index contributed by atoms with van der Waals surface area (Å²) in [6, 6.07) is 0. The van der Waals surface area contributed by atoms with E-state index in [1.165, 1.54) is 6.33 Å². The summed E-state index contributed by atoms with van der Waals surface area (Å²) in [7, 11) is 1.65. The van der Waals surface area contributed by atoms with Gasteiger partial charge in [0.15, 0.2) is 5.82 Å². The van der Waals surface area contributed by atoms with E-state index in [-0.39, 0.29) is 5.60 Å². The van der Waals surface area contributed by atoms with Crippen molar-refractivity contribution in [1.82, 2.24) is 25.3 Å². The number of nitrogens with zero attached hydrogens (tertiary/aromatic N) is 4. The predicted octanol–water partition coefficient (Wildman–Crippen LogP) is 0.822. The van der Waals surface area contributed by atoms with Crippen LogP contribution in [0.4, 0.5) is 0 Å². The Hall–Kier alpha value is -1.76. The first-order chi connectivity index (χ1) is 7.61. The van der Waals surface area contributed by atoms with Crippen molar-refractivity contribution in [3.63, 3.8) is 0 Å². The SMILES string of the molecule is COC(C)(C)Cc1nc(-c2ncn[nH]2)no1. The third-order valence-electron chi connectivity index (χ3n) is 2.22. The molecule has 86 valence electrons. The second-order valence-corrected chi connectivity index (χ2v) is 3.99. The first-order valence-electron chi connectivity index (χ1n) is 4.84. The van der Waals surface area contributed by atoms with E-state index >= 15 is 0 Å². The van der Waals surface area contributed by atoms with Crippen LogP contribution in [0, 0.1) is 0 Å². The number of rotatable bonds is 4. The van der Waals surface area contributed by atoms with Crippen LogP contribution in [0.1, 0.15) is 19.7 Å². The van der Waals surface area contributed by atoms with Gasteiger partial charge in [0.05, 0.1) is 12.0 Å². The summed E-state index contributed by atoms with van der Waals surface area (Å²) in [6.45, 7) is 3.90. The molecule has 2 aromatic heterocycles. The minimum absolute atomic E-state index is 0.328. The number of nitrogens with one attached hydrogen (secondary N) is 1. The molecule has 2 rings (SSSR count). The van der Waals surface area contributed by atoms with Crippen molar-refractivity contribution in [1.29, 1.82) is 0 Å². The summed E-state index contributed by atoms with van der Waals surface area (Å²) in [5.74, 6) is 1.41. The van der Waals surface area contributed by atoms with Gasteiger partial charge in [-0.2, -0.15) is 10.1 Å². The Balaban J connectivity index is 2.14. The predicted molar refractivity (Wildman–Crippen MR) is 54.5 cm³/mol. The van der Waals surface area contributed by atoms with Crippen molar-refractivity contribution in [3.05, 3.63) is 12.2 Å². The lowest BCUT2D eigenvalue weighted by atomic mass is 10.1. The molecule has 0 unspecified atom stereocenters. The van der Waals surface area contributed by atoms with E-state index in [2.05, 4.69) is 25.3 Å². The number of ether oxygens (including phenoxy) is 1. The molecule has 0 aromatic carbocycles. The Morgan fingerprint density at radius 2 is 2.31 bits per heavy atom. The van der Waals surface area contributed by atoms with E-state index in [1.807, 2.05) is 13.8 Å². The Morgan fingerprint density at radius 3 is 2.94 bits per heavy atom. The topological polar surface area (TPSA) is 89.7 Å². The molecule has 0 aliphatic carbocycles. The van der Waals surface area contributed by atoms with Crippen LogP contribution in [0.3, 0.4) is 0 Å². The zero-order chi connectivity index (χ0) is 11.6. The Morgan fingerprint density at radius 1 is 1.50 bits per heavy atom. The molecule has 0 bridgehead atoms. The molecule has 2 heterocycles. The van der Waals surface area contributed by atoms with Gasteiger partial charge in [-0.1, -0.05) is 5.16 Å².